The number of para-hydroxylation sites is 1. The van der Waals surface area contributed by atoms with Crippen LogP contribution in [0.15, 0.2) is 54.7 Å². The second-order valence-corrected chi connectivity index (χ2v) is 9.56. The number of hydrogen-bond donors (Lipinski definition) is 3. The molecule has 6 atom stereocenters. The van der Waals surface area contributed by atoms with E-state index in [9.17, 15) is 19.6 Å². The molecule has 11 heteroatoms. The topological polar surface area (TPSA) is 136 Å². The fraction of sp³-hybridized carbons (Fsp3) is 0.455. The monoisotopic (exact) mass is 480 g/mol. The van der Waals surface area contributed by atoms with Crippen LogP contribution in [-0.4, -0.2) is 58.2 Å². The van der Waals surface area contributed by atoms with Gasteiger partial charge in [0.05, 0.1) is 18.4 Å². The Labute approximate surface area is 192 Å². The van der Waals surface area contributed by atoms with Gasteiger partial charge in [-0.3, -0.25) is 14.3 Å². The zero-order chi connectivity index (χ0) is 24.0. The van der Waals surface area contributed by atoms with Gasteiger partial charge in [-0.15, -0.1) is 0 Å². The number of aliphatic hydroxyl groups is 2. The zero-order valence-electron chi connectivity index (χ0n) is 18.6. The largest absolute Gasteiger partial charge is 0.462 e. The Morgan fingerprint density at radius 3 is 2.45 bits per heavy atom. The number of carbonyl (C=O) groups is 1. The van der Waals surface area contributed by atoms with Gasteiger partial charge in [0.1, 0.15) is 36.2 Å². The molecular weight excluding hydrogens is 451 g/mol. The van der Waals surface area contributed by atoms with Gasteiger partial charge in [0.15, 0.2) is 0 Å². The lowest BCUT2D eigenvalue weighted by Gasteiger charge is -2.25. The molecule has 1 fully saturated rings. The number of hydrogen-bond acceptors (Lipinski definition) is 9. The van der Waals surface area contributed by atoms with Crippen LogP contribution in [0.25, 0.3) is 0 Å². The summed E-state index contributed by atoms with van der Waals surface area (Å²) in [6, 6.07) is 12.4. The van der Waals surface area contributed by atoms with Crippen LogP contribution < -0.4 is 9.61 Å². The molecule has 1 aromatic heterocycles. The molecule has 2 heterocycles. The molecule has 1 aliphatic heterocycles. The summed E-state index contributed by atoms with van der Waals surface area (Å²) in [6.45, 7) is 4.48. The van der Waals surface area contributed by atoms with Crippen molar-refractivity contribution >= 4 is 13.7 Å². The molecule has 3 rings (SSSR count). The third-order valence-electron chi connectivity index (χ3n) is 4.78. The highest BCUT2D eigenvalue weighted by Gasteiger charge is 2.45. The molecule has 33 heavy (non-hydrogen) atoms. The molecule has 0 bridgehead atoms. The quantitative estimate of drug-likeness (QED) is 0.343. The van der Waals surface area contributed by atoms with E-state index in [0.29, 0.717) is 5.69 Å². The lowest BCUT2D eigenvalue weighted by Crippen LogP contribution is -2.38. The van der Waals surface area contributed by atoms with Crippen LogP contribution in [0, 0.1) is 0 Å². The average Bonchev–Trinajstić information content (AvgIpc) is 3.07. The Bertz CT molecular complexity index is 946. The third-order valence-corrected chi connectivity index (χ3v) is 6.42. The molecule has 0 radical (unpaired) electrons. The van der Waals surface area contributed by atoms with Crippen molar-refractivity contribution in [2.75, 3.05) is 6.61 Å². The van der Waals surface area contributed by atoms with E-state index >= 15 is 0 Å². The van der Waals surface area contributed by atoms with E-state index in [2.05, 4.69) is 10.1 Å². The summed E-state index contributed by atoms with van der Waals surface area (Å²) >= 11 is 0. The number of pyridine rings is 1. The maximum atomic E-state index is 13.5. The van der Waals surface area contributed by atoms with Crippen molar-refractivity contribution in [2.45, 2.75) is 57.3 Å². The number of carbonyl (C=O) groups excluding carboxylic acids is 1. The maximum absolute atomic E-state index is 13.5. The standard InChI is InChI=1S/C22H29N2O8P/c1-14(2)30-22(27)15(3)24-33(28,32-16-9-5-4-6-10-16)29-13-18-19(25)20(26)21(31-18)17-11-7-8-12-23-17/h4-12,14-15,18-21,25-26H,13H2,1-3H3,(H,24,28)/t15-,18-,19-,20-,21+,33-/m1/s1. The average molecular weight is 480 g/mol. The number of nitrogens with one attached hydrogen (secondary N) is 1. The van der Waals surface area contributed by atoms with Gasteiger partial charge < -0.3 is 24.2 Å². The first kappa shape index (κ1) is 25.3. The highest BCUT2D eigenvalue weighted by atomic mass is 31.2. The summed E-state index contributed by atoms with van der Waals surface area (Å²) in [5.41, 5.74) is 0.443. The maximum Gasteiger partial charge on any atom is 0.459 e. The van der Waals surface area contributed by atoms with Gasteiger partial charge in [0, 0.05) is 6.20 Å². The smallest absolute Gasteiger partial charge is 0.459 e. The fourth-order valence-corrected chi connectivity index (χ4v) is 4.68. The number of esters is 1. The Kier molecular flexibility index (Phi) is 8.58. The predicted octanol–water partition coefficient (Wildman–Crippen LogP) is 2.38. The van der Waals surface area contributed by atoms with E-state index in [0.717, 1.165) is 0 Å². The summed E-state index contributed by atoms with van der Waals surface area (Å²) in [4.78, 5) is 16.4. The van der Waals surface area contributed by atoms with Gasteiger partial charge >= 0.3 is 13.7 Å². The number of ether oxygens (including phenoxy) is 2. The van der Waals surface area contributed by atoms with Crippen molar-refractivity contribution in [3.63, 3.8) is 0 Å². The molecular formula is C22H29N2O8P. The van der Waals surface area contributed by atoms with Gasteiger partial charge in [-0.1, -0.05) is 24.3 Å². The van der Waals surface area contributed by atoms with Gasteiger partial charge in [-0.05, 0) is 45.0 Å². The van der Waals surface area contributed by atoms with Crippen molar-refractivity contribution < 1.29 is 38.1 Å². The highest BCUT2D eigenvalue weighted by Crippen LogP contribution is 2.46. The molecule has 180 valence electrons. The number of aliphatic hydroxyl groups excluding tert-OH is 2. The van der Waals surface area contributed by atoms with Crippen LogP contribution in [0.1, 0.15) is 32.6 Å². The number of rotatable bonds is 10. The first-order valence-corrected chi connectivity index (χ1v) is 12.1. The summed E-state index contributed by atoms with van der Waals surface area (Å²) in [7, 11) is -4.12. The first-order chi connectivity index (χ1) is 15.7. The lowest BCUT2D eigenvalue weighted by atomic mass is 10.1. The van der Waals surface area contributed by atoms with Crippen molar-refractivity contribution in [3.05, 3.63) is 60.4 Å². The van der Waals surface area contributed by atoms with Crippen LogP contribution >= 0.6 is 7.75 Å². The minimum atomic E-state index is -4.12. The van der Waals surface area contributed by atoms with Crippen LogP contribution in [0.3, 0.4) is 0 Å². The Hall–Kier alpha value is -2.33. The van der Waals surface area contributed by atoms with Crippen LogP contribution in [0.2, 0.25) is 0 Å². The molecule has 0 amide bonds. The molecule has 10 nitrogen and oxygen atoms in total. The third kappa shape index (κ3) is 6.83. The highest BCUT2D eigenvalue weighted by molar-refractivity contribution is 7.52. The minimum absolute atomic E-state index is 0.247. The Balaban J connectivity index is 1.71. The number of aromatic nitrogens is 1. The van der Waals surface area contributed by atoms with Crippen LogP contribution in [-0.2, 0) is 23.4 Å². The Morgan fingerprint density at radius 1 is 1.12 bits per heavy atom. The minimum Gasteiger partial charge on any atom is -0.462 e. The molecule has 1 saturated heterocycles. The first-order valence-electron chi connectivity index (χ1n) is 10.6. The van der Waals surface area contributed by atoms with Crippen molar-refractivity contribution in [2.24, 2.45) is 0 Å². The van der Waals surface area contributed by atoms with E-state index in [1.165, 1.54) is 6.92 Å². The van der Waals surface area contributed by atoms with Gasteiger partial charge in [0.25, 0.3) is 0 Å². The summed E-state index contributed by atoms with van der Waals surface area (Å²) in [5, 5.41) is 23.4. The van der Waals surface area contributed by atoms with Crippen LogP contribution in [0.5, 0.6) is 5.75 Å². The van der Waals surface area contributed by atoms with E-state index < -0.39 is 44.2 Å². The van der Waals surface area contributed by atoms with Crippen molar-refractivity contribution in [1.29, 1.82) is 0 Å². The lowest BCUT2D eigenvalue weighted by molar-refractivity contribution is -0.149. The summed E-state index contributed by atoms with van der Waals surface area (Å²) < 4.78 is 35.5. The van der Waals surface area contributed by atoms with Crippen molar-refractivity contribution in [1.82, 2.24) is 10.1 Å². The molecule has 3 N–H and O–H groups in total. The van der Waals surface area contributed by atoms with Gasteiger partial charge in [0.2, 0.25) is 0 Å². The molecule has 0 aliphatic carbocycles. The second kappa shape index (κ2) is 11.2. The molecule has 0 unspecified atom stereocenters. The normalized spacial score (nSPS) is 25.4. The Morgan fingerprint density at radius 2 is 1.82 bits per heavy atom. The second-order valence-electron chi connectivity index (χ2n) is 7.86. The number of benzene rings is 1. The van der Waals surface area contributed by atoms with Crippen LogP contribution in [0.4, 0.5) is 0 Å². The fourth-order valence-electron chi connectivity index (χ4n) is 3.18. The van der Waals surface area contributed by atoms with Crippen molar-refractivity contribution in [3.8, 4) is 5.75 Å². The van der Waals surface area contributed by atoms with E-state index in [-0.39, 0.29) is 18.5 Å². The van der Waals surface area contributed by atoms with Gasteiger partial charge in [-0.2, -0.15) is 5.09 Å². The molecule has 1 aliphatic rings. The van der Waals surface area contributed by atoms with Gasteiger partial charge in [-0.25, -0.2) is 4.57 Å². The predicted molar refractivity (Wildman–Crippen MR) is 118 cm³/mol. The summed E-state index contributed by atoms with van der Waals surface area (Å²) in [5.74, 6) is -0.384. The summed E-state index contributed by atoms with van der Waals surface area (Å²) in [6.07, 6.45) is -3.27. The van der Waals surface area contributed by atoms with E-state index in [4.69, 9.17) is 18.5 Å². The SMILES string of the molecule is CC(C)OC(=O)[C@@H](C)N[P@@](=O)(OC[C@H]1O[C@@H](c2ccccn2)[C@H](O)[C@@H]1O)Oc1ccccc1. The molecule has 1 aromatic carbocycles. The van der Waals surface area contributed by atoms with E-state index in [1.807, 2.05) is 0 Å². The zero-order valence-corrected chi connectivity index (χ0v) is 19.5. The molecule has 0 saturated carbocycles. The molecule has 0 spiro atoms. The number of nitrogens with zero attached hydrogens (tertiary/aromatic N) is 1. The van der Waals surface area contributed by atoms with E-state index in [1.54, 1.807) is 68.6 Å². The molecule has 2 aromatic rings.